The van der Waals surface area contributed by atoms with Crippen molar-refractivity contribution in [3.8, 4) is 0 Å². The molecule has 0 radical (unpaired) electrons. The summed E-state index contributed by atoms with van der Waals surface area (Å²) in [7, 11) is 3.91. The van der Waals surface area contributed by atoms with E-state index >= 15 is 0 Å². The summed E-state index contributed by atoms with van der Waals surface area (Å²) in [5, 5.41) is 10.5. The van der Waals surface area contributed by atoms with E-state index in [0.29, 0.717) is 37.7 Å². The lowest BCUT2D eigenvalue weighted by molar-refractivity contribution is -0.344. The van der Waals surface area contributed by atoms with Crippen molar-refractivity contribution >= 4 is 23.9 Å². The standard InChI is InChI=1S/C40H60O11/c1-9-10-11-23-39(51-37(44)21-20-36(43)47-7)25-26-40(50-34(39)18-14-29(3)27-38(45)48-8)24-22-31(5)33(49-40)17-13-28(2)12-16-32(41)30(4)15-19-35(42)46-6/h12-16,18-19,27,30-34,41H,9-11,17,20-26H2,1-8H3/b16-12+,18-14+,19-15+,28-13+,29-27+. The van der Waals surface area contributed by atoms with E-state index in [4.69, 9.17) is 23.7 Å². The number of unbranched alkanes of at least 4 members (excludes halogenated alkanes) is 2. The van der Waals surface area contributed by atoms with Crippen LogP contribution in [0.5, 0.6) is 0 Å². The largest absolute Gasteiger partial charge is 0.469 e. The minimum atomic E-state index is -0.997. The second-order valence-corrected chi connectivity index (χ2v) is 13.7. The Balaban J connectivity index is 2.33. The average molecular weight is 717 g/mol. The topological polar surface area (TPSA) is 144 Å². The molecule has 0 saturated carbocycles. The van der Waals surface area contributed by atoms with Crippen molar-refractivity contribution in [2.75, 3.05) is 21.3 Å². The third-order valence-electron chi connectivity index (χ3n) is 9.64. The molecule has 2 aliphatic rings. The summed E-state index contributed by atoms with van der Waals surface area (Å²) in [5.74, 6) is -2.86. The fraction of sp³-hybridized carbons (Fsp3) is 0.650. The van der Waals surface area contributed by atoms with Gasteiger partial charge in [0.15, 0.2) is 5.79 Å². The molecule has 2 saturated heterocycles. The van der Waals surface area contributed by atoms with Crippen molar-refractivity contribution in [2.24, 2.45) is 11.8 Å². The first kappa shape index (κ1) is 43.6. The quantitative estimate of drug-likeness (QED) is 0.0527. The normalized spacial score (nSPS) is 27.1. The summed E-state index contributed by atoms with van der Waals surface area (Å²) in [5.41, 5.74) is 0.608. The van der Waals surface area contributed by atoms with Crippen molar-refractivity contribution in [2.45, 2.75) is 135 Å². The Hall–Kier alpha value is -3.54. The molecule has 2 heterocycles. The highest BCUT2D eigenvalue weighted by atomic mass is 16.7. The maximum Gasteiger partial charge on any atom is 0.330 e. The molecular weight excluding hydrogens is 656 g/mol. The highest BCUT2D eigenvalue weighted by molar-refractivity contribution is 5.83. The highest BCUT2D eigenvalue weighted by Crippen LogP contribution is 2.48. The number of rotatable bonds is 18. The smallest absolute Gasteiger partial charge is 0.330 e. The Bertz CT molecular complexity index is 1310. The van der Waals surface area contributed by atoms with Gasteiger partial charge in [-0.3, -0.25) is 9.59 Å². The second kappa shape index (κ2) is 21.7. The molecule has 11 nitrogen and oxygen atoms in total. The van der Waals surface area contributed by atoms with Gasteiger partial charge in [-0.15, -0.1) is 0 Å². The molecule has 286 valence electrons. The molecule has 1 spiro atoms. The average Bonchev–Trinajstić information content (AvgIpc) is 3.12. The molecule has 0 aromatic rings. The fourth-order valence-corrected chi connectivity index (χ4v) is 6.22. The lowest BCUT2D eigenvalue weighted by atomic mass is 9.78. The predicted molar refractivity (Wildman–Crippen MR) is 193 cm³/mol. The van der Waals surface area contributed by atoms with E-state index in [1.165, 1.54) is 33.5 Å². The molecule has 0 bridgehead atoms. The van der Waals surface area contributed by atoms with Gasteiger partial charge in [-0.2, -0.15) is 0 Å². The van der Waals surface area contributed by atoms with Crippen molar-refractivity contribution in [1.29, 1.82) is 0 Å². The Kier molecular flexibility index (Phi) is 18.6. The van der Waals surface area contributed by atoms with Crippen molar-refractivity contribution < 1.29 is 52.7 Å². The van der Waals surface area contributed by atoms with Gasteiger partial charge in [0.2, 0.25) is 0 Å². The van der Waals surface area contributed by atoms with Crippen LogP contribution in [0.15, 0.2) is 59.8 Å². The molecule has 2 fully saturated rings. The first-order valence-electron chi connectivity index (χ1n) is 18.1. The van der Waals surface area contributed by atoms with Gasteiger partial charge < -0.3 is 33.5 Å². The fourth-order valence-electron chi connectivity index (χ4n) is 6.22. The number of methoxy groups -OCH3 is 3. The number of esters is 4. The summed E-state index contributed by atoms with van der Waals surface area (Å²) >= 11 is 0. The van der Waals surface area contributed by atoms with Crippen LogP contribution in [0.3, 0.4) is 0 Å². The zero-order valence-corrected chi connectivity index (χ0v) is 31.8. The lowest BCUT2D eigenvalue weighted by Crippen LogP contribution is -2.59. The molecule has 51 heavy (non-hydrogen) atoms. The van der Waals surface area contributed by atoms with Gasteiger partial charge in [0.1, 0.15) is 11.7 Å². The Morgan fingerprint density at radius 2 is 1.57 bits per heavy atom. The van der Waals surface area contributed by atoms with Crippen LogP contribution in [0.4, 0.5) is 0 Å². The van der Waals surface area contributed by atoms with Crippen LogP contribution in [0.2, 0.25) is 0 Å². The van der Waals surface area contributed by atoms with E-state index in [1.807, 2.05) is 26.0 Å². The molecule has 7 unspecified atom stereocenters. The van der Waals surface area contributed by atoms with Gasteiger partial charge in [-0.25, -0.2) is 9.59 Å². The second-order valence-electron chi connectivity index (χ2n) is 13.7. The number of allylic oxidation sites excluding steroid dienone is 4. The zero-order valence-electron chi connectivity index (χ0n) is 31.8. The van der Waals surface area contributed by atoms with E-state index in [1.54, 1.807) is 25.2 Å². The Morgan fingerprint density at radius 1 is 0.863 bits per heavy atom. The van der Waals surface area contributed by atoms with Gasteiger partial charge in [0, 0.05) is 30.9 Å². The maximum atomic E-state index is 13.2. The number of carbonyl (C=O) groups is 4. The first-order valence-corrected chi connectivity index (χ1v) is 18.1. The van der Waals surface area contributed by atoms with Crippen LogP contribution in [0.1, 0.15) is 105 Å². The zero-order chi connectivity index (χ0) is 38.0. The van der Waals surface area contributed by atoms with Gasteiger partial charge in [-0.05, 0) is 57.4 Å². The summed E-state index contributed by atoms with van der Waals surface area (Å²) < 4.78 is 34.1. The van der Waals surface area contributed by atoms with Crippen LogP contribution in [0.25, 0.3) is 0 Å². The van der Waals surface area contributed by atoms with Gasteiger partial charge in [0.05, 0.1) is 46.4 Å². The monoisotopic (exact) mass is 716 g/mol. The number of carbonyl (C=O) groups excluding carboxylic acids is 4. The van der Waals surface area contributed by atoms with E-state index in [-0.39, 0.29) is 30.8 Å². The molecule has 11 heteroatoms. The Labute approximate surface area is 304 Å². The highest BCUT2D eigenvalue weighted by Gasteiger charge is 2.54. The number of hydrogen-bond donors (Lipinski definition) is 1. The van der Waals surface area contributed by atoms with Gasteiger partial charge in [-0.1, -0.05) is 75.6 Å². The van der Waals surface area contributed by atoms with Gasteiger partial charge >= 0.3 is 23.9 Å². The molecule has 7 atom stereocenters. The first-order chi connectivity index (χ1) is 24.2. The number of hydrogen-bond acceptors (Lipinski definition) is 11. The third-order valence-corrected chi connectivity index (χ3v) is 9.64. The molecule has 0 amide bonds. The number of aliphatic hydroxyl groups excluding tert-OH is 1. The summed E-state index contributed by atoms with van der Waals surface area (Å²) in [6.07, 6.45) is 18.2. The van der Waals surface area contributed by atoms with E-state index in [0.717, 1.165) is 31.3 Å². The van der Waals surface area contributed by atoms with Crippen molar-refractivity contribution in [1.82, 2.24) is 0 Å². The summed E-state index contributed by atoms with van der Waals surface area (Å²) in [4.78, 5) is 48.3. The number of aliphatic hydroxyl groups is 1. The van der Waals surface area contributed by atoms with Crippen LogP contribution in [0, 0.1) is 11.8 Å². The van der Waals surface area contributed by atoms with Crippen LogP contribution in [-0.2, 0) is 47.6 Å². The van der Waals surface area contributed by atoms with Crippen LogP contribution in [-0.4, -0.2) is 80.0 Å². The predicted octanol–water partition coefficient (Wildman–Crippen LogP) is 6.79. The van der Waals surface area contributed by atoms with E-state index < -0.39 is 47.5 Å². The summed E-state index contributed by atoms with van der Waals surface area (Å²) in [6, 6.07) is 0. The molecule has 2 aliphatic heterocycles. The number of ether oxygens (including phenoxy) is 6. The minimum absolute atomic E-state index is 0.0815. The molecule has 0 aliphatic carbocycles. The van der Waals surface area contributed by atoms with Gasteiger partial charge in [0.25, 0.3) is 0 Å². The SMILES string of the molecule is CCCCCC1(OC(=O)CCC(=O)OC)CCC2(CCC(C)C(C/C=C(C)/C=C/C(O)C(C)/C=C/C(=O)OC)O2)OC1/C=C/C(C)=C/C(=O)OC. The van der Waals surface area contributed by atoms with Crippen LogP contribution < -0.4 is 0 Å². The maximum absolute atomic E-state index is 13.2. The van der Waals surface area contributed by atoms with E-state index in [9.17, 15) is 24.3 Å². The molecule has 0 aromatic heterocycles. The molecule has 0 aromatic carbocycles. The van der Waals surface area contributed by atoms with Crippen molar-refractivity contribution in [3.05, 3.63) is 59.8 Å². The summed E-state index contributed by atoms with van der Waals surface area (Å²) in [6.45, 7) is 9.83. The molecule has 2 rings (SSSR count). The van der Waals surface area contributed by atoms with Crippen LogP contribution >= 0.6 is 0 Å². The van der Waals surface area contributed by atoms with E-state index in [2.05, 4.69) is 24.7 Å². The minimum Gasteiger partial charge on any atom is -0.469 e. The molecule has 1 N–H and O–H groups in total. The molecular formula is C40H60O11. The lowest BCUT2D eigenvalue weighted by Gasteiger charge is -2.53. The van der Waals surface area contributed by atoms with Crippen molar-refractivity contribution in [3.63, 3.8) is 0 Å². The Morgan fingerprint density at radius 3 is 2.24 bits per heavy atom. The third kappa shape index (κ3) is 14.5.